The zero-order valence-corrected chi connectivity index (χ0v) is 13.7. The molecule has 0 fully saturated rings. The van der Waals surface area contributed by atoms with Crippen molar-refractivity contribution in [3.8, 4) is 0 Å². The van der Waals surface area contributed by atoms with E-state index >= 15 is 0 Å². The predicted molar refractivity (Wildman–Crippen MR) is 91.1 cm³/mol. The molecule has 2 atom stereocenters. The van der Waals surface area contributed by atoms with Crippen molar-refractivity contribution in [2.24, 2.45) is 5.92 Å². The minimum absolute atomic E-state index is 0.00496. The summed E-state index contributed by atoms with van der Waals surface area (Å²) in [5, 5.41) is 3.01. The molecule has 3 rings (SSSR count). The lowest BCUT2D eigenvalue weighted by molar-refractivity contribution is -0.137. The van der Waals surface area contributed by atoms with Crippen LogP contribution >= 0.6 is 0 Å². The highest BCUT2D eigenvalue weighted by atomic mass is 19.4. The van der Waals surface area contributed by atoms with E-state index in [9.17, 15) is 18.0 Å². The van der Waals surface area contributed by atoms with Gasteiger partial charge in [-0.2, -0.15) is 13.2 Å². The van der Waals surface area contributed by atoms with Crippen LogP contribution in [0.3, 0.4) is 0 Å². The summed E-state index contributed by atoms with van der Waals surface area (Å²) >= 11 is 0. The van der Waals surface area contributed by atoms with Crippen molar-refractivity contribution >= 4 is 11.5 Å². The largest absolute Gasteiger partial charge is 0.416 e. The summed E-state index contributed by atoms with van der Waals surface area (Å²) in [5.41, 5.74) is 1.31. The second kappa shape index (κ2) is 6.75. The van der Waals surface area contributed by atoms with Crippen LogP contribution in [0.15, 0.2) is 66.4 Å². The molecule has 0 saturated heterocycles. The summed E-state index contributed by atoms with van der Waals surface area (Å²) in [6.45, 7) is 1.98. The molecule has 0 heterocycles. The van der Waals surface area contributed by atoms with Crippen molar-refractivity contribution in [1.29, 1.82) is 0 Å². The van der Waals surface area contributed by atoms with Crippen LogP contribution in [0.1, 0.15) is 30.4 Å². The van der Waals surface area contributed by atoms with Crippen molar-refractivity contribution in [2.75, 3.05) is 5.32 Å². The van der Waals surface area contributed by atoms with E-state index in [2.05, 4.69) is 5.32 Å². The van der Waals surface area contributed by atoms with Gasteiger partial charge in [-0.1, -0.05) is 43.3 Å². The Morgan fingerprint density at radius 2 is 1.76 bits per heavy atom. The molecule has 0 saturated carbocycles. The van der Waals surface area contributed by atoms with Crippen LogP contribution in [-0.4, -0.2) is 5.78 Å². The van der Waals surface area contributed by atoms with Crippen LogP contribution in [0, 0.1) is 5.92 Å². The van der Waals surface area contributed by atoms with Crippen LogP contribution in [-0.2, 0) is 11.0 Å². The number of carbonyl (C=O) groups is 1. The fourth-order valence-corrected chi connectivity index (χ4v) is 3.17. The van der Waals surface area contributed by atoms with Crippen LogP contribution in [0.25, 0.3) is 0 Å². The maximum atomic E-state index is 12.9. The Labute approximate surface area is 144 Å². The van der Waals surface area contributed by atoms with Gasteiger partial charge in [-0.3, -0.25) is 4.79 Å². The zero-order chi connectivity index (χ0) is 18.0. The van der Waals surface area contributed by atoms with E-state index in [1.807, 2.05) is 37.3 Å². The number of nitrogens with one attached hydrogen (secondary N) is 1. The van der Waals surface area contributed by atoms with Gasteiger partial charge in [-0.25, -0.2) is 0 Å². The minimum atomic E-state index is -4.40. The number of rotatable bonds is 3. The van der Waals surface area contributed by atoms with E-state index in [0.29, 0.717) is 17.8 Å². The first-order valence-corrected chi connectivity index (χ1v) is 8.08. The first-order chi connectivity index (χ1) is 11.8. The highest BCUT2D eigenvalue weighted by Gasteiger charge is 2.32. The van der Waals surface area contributed by atoms with E-state index in [1.165, 1.54) is 12.1 Å². The summed E-state index contributed by atoms with van der Waals surface area (Å²) in [6.07, 6.45) is -2.49. The Bertz CT molecular complexity index is 796. The standard InChI is InChI=1S/C20H18F3NO/c1-13-18(14-6-3-2-4-7-14)11-17(25)12-19(13)24-16-9-5-8-15(10-16)20(21,22)23/h2-10,12-13,18,24H,11H2,1H3. The third-order valence-corrected chi connectivity index (χ3v) is 4.54. The second-order valence-electron chi connectivity index (χ2n) is 6.28. The number of carbonyl (C=O) groups excluding carboxylic acids is 1. The normalized spacial score (nSPS) is 21.0. The van der Waals surface area contributed by atoms with E-state index in [1.54, 1.807) is 6.07 Å². The highest BCUT2D eigenvalue weighted by Crippen LogP contribution is 2.37. The van der Waals surface area contributed by atoms with Crippen LogP contribution in [0.5, 0.6) is 0 Å². The van der Waals surface area contributed by atoms with Crippen molar-refractivity contribution in [3.63, 3.8) is 0 Å². The molecule has 2 nitrogen and oxygen atoms in total. The van der Waals surface area contributed by atoms with Gasteiger partial charge in [-0.15, -0.1) is 0 Å². The molecule has 0 aliphatic heterocycles. The number of ketones is 1. The molecule has 1 aliphatic carbocycles. The van der Waals surface area contributed by atoms with Gasteiger partial charge in [0.2, 0.25) is 0 Å². The molecular weight excluding hydrogens is 327 g/mol. The van der Waals surface area contributed by atoms with Crippen LogP contribution in [0.4, 0.5) is 18.9 Å². The third kappa shape index (κ3) is 3.92. The molecule has 130 valence electrons. The number of allylic oxidation sites excluding steroid dienone is 2. The van der Waals surface area contributed by atoms with E-state index in [0.717, 1.165) is 17.7 Å². The van der Waals surface area contributed by atoms with E-state index in [4.69, 9.17) is 0 Å². The number of halogens is 3. The molecule has 0 radical (unpaired) electrons. The summed E-state index contributed by atoms with van der Waals surface area (Å²) in [5.74, 6) is -0.0249. The third-order valence-electron chi connectivity index (χ3n) is 4.54. The Kier molecular flexibility index (Phi) is 4.66. The molecule has 25 heavy (non-hydrogen) atoms. The number of benzene rings is 2. The van der Waals surface area contributed by atoms with Gasteiger partial charge in [0, 0.05) is 29.8 Å². The molecular formula is C20H18F3NO. The van der Waals surface area contributed by atoms with Gasteiger partial charge < -0.3 is 5.32 Å². The summed E-state index contributed by atoms with van der Waals surface area (Å²) in [7, 11) is 0. The molecule has 0 aromatic heterocycles. The molecule has 2 aromatic rings. The monoisotopic (exact) mass is 345 g/mol. The fourth-order valence-electron chi connectivity index (χ4n) is 3.17. The van der Waals surface area contributed by atoms with Gasteiger partial charge in [0.05, 0.1) is 5.56 Å². The average molecular weight is 345 g/mol. The highest BCUT2D eigenvalue weighted by molar-refractivity contribution is 5.92. The molecule has 0 spiro atoms. The summed E-state index contributed by atoms with van der Waals surface area (Å²) in [4.78, 5) is 12.1. The SMILES string of the molecule is CC1C(Nc2cccc(C(F)(F)F)c2)=CC(=O)CC1c1ccccc1. The van der Waals surface area contributed by atoms with Gasteiger partial charge in [0.15, 0.2) is 5.78 Å². The number of hydrogen-bond acceptors (Lipinski definition) is 2. The number of anilines is 1. The van der Waals surface area contributed by atoms with Crippen molar-refractivity contribution in [3.05, 3.63) is 77.5 Å². The molecule has 0 amide bonds. The van der Waals surface area contributed by atoms with Crippen LogP contribution < -0.4 is 5.32 Å². The lowest BCUT2D eigenvalue weighted by atomic mass is 9.78. The molecule has 1 aliphatic rings. The first-order valence-electron chi connectivity index (χ1n) is 8.08. The smallest absolute Gasteiger partial charge is 0.359 e. The van der Waals surface area contributed by atoms with E-state index in [-0.39, 0.29) is 17.6 Å². The molecule has 2 unspecified atom stereocenters. The minimum Gasteiger partial charge on any atom is -0.359 e. The van der Waals surface area contributed by atoms with Crippen molar-refractivity contribution in [1.82, 2.24) is 0 Å². The van der Waals surface area contributed by atoms with Gasteiger partial charge >= 0.3 is 6.18 Å². The topological polar surface area (TPSA) is 29.1 Å². The maximum Gasteiger partial charge on any atom is 0.416 e. The van der Waals surface area contributed by atoms with Crippen LogP contribution in [0.2, 0.25) is 0 Å². The Balaban J connectivity index is 1.86. The quantitative estimate of drug-likeness (QED) is 0.808. The van der Waals surface area contributed by atoms with Gasteiger partial charge in [0.25, 0.3) is 0 Å². The molecule has 0 bridgehead atoms. The zero-order valence-electron chi connectivity index (χ0n) is 13.7. The average Bonchev–Trinajstić information content (AvgIpc) is 2.58. The van der Waals surface area contributed by atoms with Gasteiger partial charge in [0.1, 0.15) is 0 Å². The van der Waals surface area contributed by atoms with Crippen molar-refractivity contribution in [2.45, 2.75) is 25.4 Å². The lowest BCUT2D eigenvalue weighted by Gasteiger charge is -2.30. The van der Waals surface area contributed by atoms with E-state index < -0.39 is 11.7 Å². The van der Waals surface area contributed by atoms with Gasteiger partial charge in [-0.05, 0) is 29.7 Å². The molecule has 5 heteroatoms. The first kappa shape index (κ1) is 17.3. The summed E-state index contributed by atoms with van der Waals surface area (Å²) < 4.78 is 38.6. The maximum absolute atomic E-state index is 12.9. The predicted octanol–water partition coefficient (Wildman–Crippen LogP) is 5.39. The Hall–Kier alpha value is -2.56. The number of hydrogen-bond donors (Lipinski definition) is 1. The summed E-state index contributed by atoms with van der Waals surface area (Å²) in [6, 6.07) is 14.7. The lowest BCUT2D eigenvalue weighted by Crippen LogP contribution is -2.25. The Morgan fingerprint density at radius 1 is 1.04 bits per heavy atom. The second-order valence-corrected chi connectivity index (χ2v) is 6.28. The molecule has 2 aromatic carbocycles. The van der Waals surface area contributed by atoms with Crippen molar-refractivity contribution < 1.29 is 18.0 Å². The number of alkyl halides is 3. The molecule has 1 N–H and O–H groups in total. The Morgan fingerprint density at radius 3 is 2.44 bits per heavy atom. The fraction of sp³-hybridized carbons (Fsp3) is 0.250.